The van der Waals surface area contributed by atoms with Gasteiger partial charge in [0.2, 0.25) is 0 Å². The monoisotopic (exact) mass is 292 g/mol. The first-order valence-corrected chi connectivity index (χ1v) is 0.494. The van der Waals surface area contributed by atoms with Crippen LogP contribution in [0.5, 0.6) is 0 Å². The van der Waals surface area contributed by atoms with Crippen LogP contribution in [0.3, 0.4) is 0 Å². The molecule has 0 aromatic heterocycles. The van der Waals surface area contributed by atoms with Gasteiger partial charge in [0.05, 0.1) is 0 Å². The fourth-order valence-corrected chi connectivity index (χ4v) is 0. The molecule has 0 aliphatic rings. The molecule has 0 heterocycles. The van der Waals surface area contributed by atoms with Crippen molar-refractivity contribution in [3.8, 4) is 0 Å². The molecule has 13 heteroatoms. The Morgan fingerprint density at radius 2 is 0.714 bits per heavy atom. The maximum Gasteiger partial charge on any atom is 2.00 e. The second-order valence-corrected chi connectivity index (χ2v) is 0.105. The Bertz CT molecular complexity index is 37.0. The van der Waals surface area contributed by atoms with Crippen molar-refractivity contribution in [1.29, 1.82) is 0 Å². The number of carboxylic acid groups (broad SMARTS) is 1. The summed E-state index contributed by atoms with van der Waals surface area (Å²) in [7, 11) is 0. The number of carbonyl (C=O) groups is 1. The first kappa shape index (κ1) is 287. The first-order valence-electron chi connectivity index (χ1n) is 0.494. The topological polar surface area (TPSA) is 258 Å². The largest absolute Gasteiger partial charge is 2.00 e. The summed E-state index contributed by atoms with van der Waals surface area (Å²) >= 11 is 0. The van der Waals surface area contributed by atoms with Gasteiger partial charge in [0.15, 0.2) is 0 Å². The molecule has 0 radical (unpaired) electrons. The summed E-state index contributed by atoms with van der Waals surface area (Å²) in [5.74, 6) is 0. The van der Waals surface area contributed by atoms with Crippen molar-refractivity contribution in [2.24, 2.45) is 0 Å². The van der Waals surface area contributed by atoms with Gasteiger partial charge in [0.25, 0.3) is 6.47 Å². The van der Waals surface area contributed by atoms with Crippen LogP contribution >= 0.6 is 0 Å². The van der Waals surface area contributed by atoms with E-state index in [2.05, 4.69) is 0 Å². The van der Waals surface area contributed by atoms with Gasteiger partial charge in [-0.2, -0.15) is 0 Å². The van der Waals surface area contributed by atoms with E-state index in [9.17, 15) is 0 Å². The van der Waals surface area contributed by atoms with Gasteiger partial charge in [0, 0.05) is 0 Å². The Hall–Kier alpha value is 1.30. The van der Waals surface area contributed by atoms with Gasteiger partial charge >= 0.3 is 46.1 Å². The van der Waals surface area contributed by atoms with Crippen molar-refractivity contribution in [1.82, 2.24) is 0 Å². The molecule has 0 aromatic carbocycles. The molecule has 0 amide bonds. The molecule has 0 unspecified atom stereocenters. The van der Waals surface area contributed by atoms with Crippen molar-refractivity contribution in [3.63, 3.8) is 0 Å². The molecule has 0 aliphatic heterocycles. The van der Waals surface area contributed by atoms with E-state index in [-0.39, 0.29) is 119 Å². The van der Waals surface area contributed by atoms with E-state index in [1.165, 1.54) is 0 Å². The van der Waals surface area contributed by atoms with Crippen LogP contribution in [-0.4, -0.2) is 96.0 Å². The predicted molar refractivity (Wildman–Crippen MR) is 47.7 cm³/mol. The molecule has 0 saturated carbocycles. The van der Waals surface area contributed by atoms with Crippen molar-refractivity contribution < 1.29 is 75.9 Å². The van der Waals surface area contributed by atoms with E-state index < -0.39 is 0 Å². The second-order valence-electron chi connectivity index (χ2n) is 0.105. The van der Waals surface area contributed by atoms with Crippen LogP contribution in [0.1, 0.15) is 2.85 Å². The maximum atomic E-state index is 8.36. The van der Waals surface area contributed by atoms with Crippen LogP contribution in [0.25, 0.3) is 0 Å². The molecule has 15 N–H and O–H groups in total. The van der Waals surface area contributed by atoms with Crippen LogP contribution < -0.4 is 24.8 Å². The van der Waals surface area contributed by atoms with Gasteiger partial charge in [-0.15, -0.1) is 0 Å². The van der Waals surface area contributed by atoms with E-state index in [0.717, 1.165) is 0 Å². The van der Waals surface area contributed by atoms with Crippen LogP contribution in [-0.2, 0) is 4.79 Å². The quantitative estimate of drug-likeness (QED) is 0.336. The third kappa shape index (κ3) is 1190. The molecule has 0 fully saturated rings. The number of halogens is 2. The summed E-state index contributed by atoms with van der Waals surface area (Å²) < 4.78 is 0. The zero-order valence-electron chi connectivity index (χ0n) is 9.10. The number of rotatable bonds is 0. The summed E-state index contributed by atoms with van der Waals surface area (Å²) in [6, 6.07) is 0. The van der Waals surface area contributed by atoms with E-state index in [0.29, 0.717) is 0 Å². The van der Waals surface area contributed by atoms with Crippen LogP contribution in [0.2, 0.25) is 0 Å². The third-order valence-electron chi connectivity index (χ3n) is 0. The minimum Gasteiger partial charge on any atom is -1.00 e. The van der Waals surface area contributed by atoms with Crippen LogP contribution in [0, 0.1) is 0 Å². The standard InChI is InChI=1S/CH2O2.2ClH.2Mg.7H2O.2H/c2-1-3;;;;;;;;;;;;;/h1H,(H,2,3);2*1H;;;7*1H2;;/q;;;2*+2;;;;;;;;2*-1/p-2. The molecule has 0 aromatic rings. The molecule has 14 heavy (non-hydrogen) atoms. The van der Waals surface area contributed by atoms with Crippen molar-refractivity contribution in [3.05, 3.63) is 0 Å². The van der Waals surface area contributed by atoms with Crippen molar-refractivity contribution >= 4 is 52.6 Å². The molecule has 9 nitrogen and oxygen atoms in total. The summed E-state index contributed by atoms with van der Waals surface area (Å²) in [6.45, 7) is -0.250. The predicted octanol–water partition coefficient (Wildman–Crippen LogP) is -12.6. The van der Waals surface area contributed by atoms with Crippen LogP contribution in [0.4, 0.5) is 0 Å². The SMILES string of the molecule is O.O.O.O.O.O.O.O=CO.[Cl-].[Cl-].[H-].[H-].[Mg+2].[Mg+2]. The van der Waals surface area contributed by atoms with Gasteiger partial charge in [0.1, 0.15) is 0 Å². The van der Waals surface area contributed by atoms with Gasteiger partial charge < -0.3 is 71.1 Å². The molecular formula is CH18Cl2Mg2O9. The first-order chi connectivity index (χ1) is 1.41. The van der Waals surface area contributed by atoms with Gasteiger partial charge in [-0.3, -0.25) is 4.79 Å². The minimum absolute atomic E-state index is 0. The Morgan fingerprint density at radius 3 is 0.714 bits per heavy atom. The Balaban J connectivity index is -0.000000000256. The minimum atomic E-state index is -0.250. The molecule has 0 bridgehead atoms. The van der Waals surface area contributed by atoms with E-state index in [4.69, 9.17) is 9.90 Å². The maximum absolute atomic E-state index is 8.36. The summed E-state index contributed by atoms with van der Waals surface area (Å²) in [5, 5.41) is 6.89. The van der Waals surface area contributed by atoms with Crippen molar-refractivity contribution in [2.75, 3.05) is 0 Å². The normalized spacial score (nSPS) is 0.857. The summed E-state index contributed by atoms with van der Waals surface area (Å²) in [5.41, 5.74) is 0. The molecule has 0 atom stereocenters. The van der Waals surface area contributed by atoms with Gasteiger partial charge in [-0.1, -0.05) is 0 Å². The Morgan fingerprint density at radius 1 is 0.714 bits per heavy atom. The van der Waals surface area contributed by atoms with Crippen molar-refractivity contribution in [2.45, 2.75) is 0 Å². The zero-order chi connectivity index (χ0) is 2.71. The van der Waals surface area contributed by atoms with E-state index in [1.54, 1.807) is 0 Å². The van der Waals surface area contributed by atoms with Gasteiger partial charge in [-0.25, -0.2) is 0 Å². The summed E-state index contributed by atoms with van der Waals surface area (Å²) in [4.78, 5) is 8.36. The average molecular weight is 294 g/mol. The van der Waals surface area contributed by atoms with Crippen LogP contribution in [0.15, 0.2) is 0 Å². The fourth-order valence-electron chi connectivity index (χ4n) is 0. The van der Waals surface area contributed by atoms with E-state index in [1.807, 2.05) is 0 Å². The second kappa shape index (κ2) is 477. The molecule has 0 spiro atoms. The molecule has 0 saturated heterocycles. The molecular weight excluding hydrogens is 276 g/mol. The zero-order valence-corrected chi connectivity index (χ0v) is 11.4. The number of hydrogen-bond donors (Lipinski definition) is 1. The fraction of sp³-hybridized carbons (Fsp3) is 0. The molecule has 0 aliphatic carbocycles. The molecule has 94 valence electrons. The van der Waals surface area contributed by atoms with E-state index >= 15 is 0 Å². The Kier molecular flexibility index (Phi) is 9790. The Labute approximate surface area is 128 Å². The molecule has 0 rings (SSSR count). The third-order valence-corrected chi connectivity index (χ3v) is 0. The van der Waals surface area contributed by atoms with Gasteiger partial charge in [-0.05, 0) is 0 Å². The average Bonchev–Trinajstić information content (AvgIpc) is 0.918. The summed E-state index contributed by atoms with van der Waals surface area (Å²) in [6.07, 6.45) is 0. The smallest absolute Gasteiger partial charge is 1.00 e. The number of hydrogen-bond acceptors (Lipinski definition) is 1.